The zero-order valence-electron chi connectivity index (χ0n) is 14.7. The van der Waals surface area contributed by atoms with Crippen LogP contribution in [0.3, 0.4) is 0 Å². The third-order valence-electron chi connectivity index (χ3n) is 4.98. The fourth-order valence-electron chi connectivity index (χ4n) is 3.67. The standard InChI is InChI=1S/C19H23N5O/c1-3-17-20-7-10-24(17)15-5-4-8-23(12-15)19(25)16-13-22-9-6-14(2)11-18(22)21-16/h6-7,9-11,13,15H,3-5,8,12H2,1-2H3. The number of aryl methyl sites for hydroxylation is 2. The molecule has 0 spiro atoms. The van der Waals surface area contributed by atoms with E-state index in [4.69, 9.17) is 0 Å². The van der Waals surface area contributed by atoms with Crippen molar-refractivity contribution in [3.63, 3.8) is 0 Å². The highest BCUT2D eigenvalue weighted by molar-refractivity contribution is 5.93. The summed E-state index contributed by atoms with van der Waals surface area (Å²) in [5.41, 5.74) is 2.48. The summed E-state index contributed by atoms with van der Waals surface area (Å²) in [6.45, 7) is 5.65. The molecular weight excluding hydrogens is 314 g/mol. The lowest BCUT2D eigenvalue weighted by atomic mass is 10.0. The molecule has 3 aromatic rings. The molecule has 25 heavy (non-hydrogen) atoms. The van der Waals surface area contributed by atoms with Crippen LogP contribution in [0.5, 0.6) is 0 Å². The molecule has 0 saturated carbocycles. The van der Waals surface area contributed by atoms with Gasteiger partial charge in [-0.3, -0.25) is 4.79 Å². The minimum Gasteiger partial charge on any atom is -0.335 e. The maximum Gasteiger partial charge on any atom is 0.274 e. The SMILES string of the molecule is CCc1nccn1C1CCCN(C(=O)c2cn3ccc(C)cc3n2)C1. The van der Waals surface area contributed by atoms with E-state index in [1.165, 1.54) is 0 Å². The van der Waals surface area contributed by atoms with Crippen LogP contribution in [0.1, 0.15) is 47.7 Å². The Bertz CT molecular complexity index is 910. The van der Waals surface area contributed by atoms with Crippen LogP contribution in [0.15, 0.2) is 36.9 Å². The van der Waals surface area contributed by atoms with Gasteiger partial charge in [-0.15, -0.1) is 0 Å². The van der Waals surface area contributed by atoms with Gasteiger partial charge in [0.05, 0.1) is 6.04 Å². The van der Waals surface area contributed by atoms with Crippen LogP contribution in [0.4, 0.5) is 0 Å². The van der Waals surface area contributed by atoms with E-state index in [1.807, 2.05) is 53.1 Å². The van der Waals surface area contributed by atoms with Gasteiger partial charge in [0, 0.05) is 44.3 Å². The number of hydrogen-bond donors (Lipinski definition) is 0. The summed E-state index contributed by atoms with van der Waals surface area (Å²) in [7, 11) is 0. The number of piperidine rings is 1. The number of carbonyl (C=O) groups excluding carboxylic acids is 1. The summed E-state index contributed by atoms with van der Waals surface area (Å²) in [4.78, 5) is 23.8. The van der Waals surface area contributed by atoms with Gasteiger partial charge in [0.2, 0.25) is 0 Å². The van der Waals surface area contributed by atoms with Crippen molar-refractivity contribution in [2.45, 2.75) is 39.2 Å². The quantitative estimate of drug-likeness (QED) is 0.738. The lowest BCUT2D eigenvalue weighted by Gasteiger charge is -2.33. The van der Waals surface area contributed by atoms with E-state index in [9.17, 15) is 4.79 Å². The van der Waals surface area contributed by atoms with E-state index in [1.54, 1.807) is 0 Å². The number of aromatic nitrogens is 4. The van der Waals surface area contributed by atoms with Crippen LogP contribution in [0.25, 0.3) is 5.65 Å². The number of nitrogens with zero attached hydrogens (tertiary/aromatic N) is 5. The van der Waals surface area contributed by atoms with E-state index in [2.05, 4.69) is 21.5 Å². The summed E-state index contributed by atoms with van der Waals surface area (Å²) >= 11 is 0. The second kappa shape index (κ2) is 6.35. The van der Waals surface area contributed by atoms with Gasteiger partial charge in [-0.05, 0) is 37.5 Å². The van der Waals surface area contributed by atoms with Crippen molar-refractivity contribution < 1.29 is 4.79 Å². The van der Waals surface area contributed by atoms with Crippen molar-refractivity contribution in [1.29, 1.82) is 0 Å². The largest absolute Gasteiger partial charge is 0.335 e. The highest BCUT2D eigenvalue weighted by Gasteiger charge is 2.27. The third kappa shape index (κ3) is 2.92. The monoisotopic (exact) mass is 337 g/mol. The number of likely N-dealkylation sites (tertiary alicyclic amines) is 1. The normalized spacial score (nSPS) is 18.0. The predicted molar refractivity (Wildman–Crippen MR) is 95.7 cm³/mol. The molecule has 6 heteroatoms. The molecule has 1 unspecified atom stereocenters. The van der Waals surface area contributed by atoms with Gasteiger partial charge in [0.1, 0.15) is 17.2 Å². The Balaban J connectivity index is 1.56. The van der Waals surface area contributed by atoms with Crippen molar-refractivity contribution >= 4 is 11.6 Å². The topological polar surface area (TPSA) is 55.4 Å². The van der Waals surface area contributed by atoms with Crippen molar-refractivity contribution in [3.05, 3.63) is 54.0 Å². The molecule has 0 aromatic carbocycles. The van der Waals surface area contributed by atoms with Gasteiger partial charge in [-0.1, -0.05) is 6.92 Å². The first kappa shape index (κ1) is 15.9. The molecule has 1 fully saturated rings. The van der Waals surface area contributed by atoms with E-state index >= 15 is 0 Å². The van der Waals surface area contributed by atoms with E-state index < -0.39 is 0 Å². The number of fused-ring (bicyclic) bond motifs is 1. The molecular formula is C19H23N5O. The Morgan fingerprint density at radius 3 is 3.08 bits per heavy atom. The van der Waals surface area contributed by atoms with Crippen LogP contribution < -0.4 is 0 Å². The van der Waals surface area contributed by atoms with Crippen LogP contribution in [0, 0.1) is 6.92 Å². The van der Waals surface area contributed by atoms with Crippen LogP contribution in [0.2, 0.25) is 0 Å². The number of amides is 1. The molecule has 0 aliphatic carbocycles. The van der Waals surface area contributed by atoms with Gasteiger partial charge >= 0.3 is 0 Å². The zero-order chi connectivity index (χ0) is 17.4. The molecule has 4 rings (SSSR count). The maximum absolute atomic E-state index is 12.9. The Kier molecular flexibility index (Phi) is 4.03. The number of rotatable bonds is 3. The summed E-state index contributed by atoms with van der Waals surface area (Å²) in [6, 6.07) is 4.31. The Morgan fingerprint density at radius 1 is 1.36 bits per heavy atom. The van der Waals surface area contributed by atoms with Crippen molar-refractivity contribution in [2.75, 3.05) is 13.1 Å². The molecule has 1 aliphatic rings. The first-order valence-corrected chi connectivity index (χ1v) is 8.92. The Hall–Kier alpha value is -2.63. The number of hydrogen-bond acceptors (Lipinski definition) is 3. The Labute approximate surface area is 147 Å². The number of carbonyl (C=O) groups is 1. The van der Waals surface area contributed by atoms with Gasteiger partial charge in [-0.2, -0.15) is 0 Å². The van der Waals surface area contributed by atoms with Crippen LogP contribution >= 0.6 is 0 Å². The molecule has 1 atom stereocenters. The molecule has 0 bridgehead atoms. The number of pyridine rings is 1. The predicted octanol–water partition coefficient (Wildman–Crippen LogP) is 2.88. The second-order valence-corrected chi connectivity index (χ2v) is 6.75. The van der Waals surface area contributed by atoms with E-state index in [-0.39, 0.29) is 5.91 Å². The minimum absolute atomic E-state index is 0.0178. The number of imidazole rings is 2. The van der Waals surface area contributed by atoms with Crippen molar-refractivity contribution in [3.8, 4) is 0 Å². The smallest absolute Gasteiger partial charge is 0.274 e. The summed E-state index contributed by atoms with van der Waals surface area (Å²) in [6.07, 6.45) is 10.7. The second-order valence-electron chi connectivity index (χ2n) is 6.75. The van der Waals surface area contributed by atoms with Gasteiger partial charge in [0.15, 0.2) is 0 Å². The van der Waals surface area contributed by atoms with Crippen LogP contribution in [-0.2, 0) is 6.42 Å². The van der Waals surface area contributed by atoms with E-state index in [0.717, 1.165) is 49.4 Å². The molecule has 0 N–H and O–H groups in total. The fourth-order valence-corrected chi connectivity index (χ4v) is 3.67. The zero-order valence-corrected chi connectivity index (χ0v) is 14.7. The molecule has 130 valence electrons. The van der Waals surface area contributed by atoms with Gasteiger partial charge < -0.3 is 13.9 Å². The summed E-state index contributed by atoms with van der Waals surface area (Å²) < 4.78 is 4.14. The maximum atomic E-state index is 12.9. The highest BCUT2D eigenvalue weighted by Crippen LogP contribution is 2.24. The average Bonchev–Trinajstić information content (AvgIpc) is 3.27. The Morgan fingerprint density at radius 2 is 2.24 bits per heavy atom. The average molecular weight is 337 g/mol. The van der Waals surface area contributed by atoms with Crippen molar-refractivity contribution in [1.82, 2.24) is 23.8 Å². The summed E-state index contributed by atoms with van der Waals surface area (Å²) in [5.74, 6) is 1.10. The minimum atomic E-state index is 0.0178. The lowest BCUT2D eigenvalue weighted by molar-refractivity contribution is 0.0672. The molecule has 6 nitrogen and oxygen atoms in total. The highest BCUT2D eigenvalue weighted by atomic mass is 16.2. The van der Waals surface area contributed by atoms with Crippen molar-refractivity contribution in [2.24, 2.45) is 0 Å². The first-order chi connectivity index (χ1) is 12.2. The third-order valence-corrected chi connectivity index (χ3v) is 4.98. The molecule has 1 aliphatic heterocycles. The first-order valence-electron chi connectivity index (χ1n) is 8.92. The molecule has 1 amide bonds. The van der Waals surface area contributed by atoms with E-state index in [0.29, 0.717) is 11.7 Å². The molecule has 0 radical (unpaired) electrons. The van der Waals surface area contributed by atoms with Crippen LogP contribution in [-0.4, -0.2) is 42.8 Å². The van der Waals surface area contributed by atoms with Gasteiger partial charge in [-0.25, -0.2) is 9.97 Å². The molecule has 1 saturated heterocycles. The molecule has 3 aromatic heterocycles. The molecule has 4 heterocycles. The fraction of sp³-hybridized carbons (Fsp3) is 0.421. The lowest BCUT2D eigenvalue weighted by Crippen LogP contribution is -2.41. The van der Waals surface area contributed by atoms with Gasteiger partial charge in [0.25, 0.3) is 5.91 Å². The summed E-state index contributed by atoms with van der Waals surface area (Å²) in [5, 5.41) is 0.